The first-order chi connectivity index (χ1) is 13.0. The molecular weight excluding hydrogens is 372 g/mol. The summed E-state index contributed by atoms with van der Waals surface area (Å²) < 4.78 is 55.8. The number of hydrogen-bond donors (Lipinski definition) is 1. The average molecular weight is 394 g/mol. The number of fused-ring (bicyclic) bond motifs is 2. The van der Waals surface area contributed by atoms with Crippen LogP contribution in [0.2, 0.25) is 0 Å². The Kier molecular flexibility index (Phi) is 4.23. The molecule has 1 aromatic heterocycles. The highest BCUT2D eigenvalue weighted by Crippen LogP contribution is 2.56. The Morgan fingerprint density at radius 2 is 1.89 bits per heavy atom. The quantitative estimate of drug-likeness (QED) is 0.711. The van der Waals surface area contributed by atoms with Crippen molar-refractivity contribution in [1.82, 2.24) is 9.55 Å². The molecule has 0 amide bonds. The van der Waals surface area contributed by atoms with Crippen LogP contribution in [0.1, 0.15) is 38.8 Å². The van der Waals surface area contributed by atoms with Crippen LogP contribution in [0.4, 0.5) is 17.6 Å². The van der Waals surface area contributed by atoms with Crippen LogP contribution in [-0.4, -0.2) is 26.4 Å². The third kappa shape index (κ3) is 2.79. The van der Waals surface area contributed by atoms with E-state index in [4.69, 9.17) is 0 Å². The van der Waals surface area contributed by atoms with Gasteiger partial charge in [-0.05, 0) is 56.5 Å². The Morgan fingerprint density at radius 3 is 2.54 bits per heavy atom. The molecule has 0 saturated heterocycles. The topological polar surface area (TPSA) is 38.0 Å². The van der Waals surface area contributed by atoms with E-state index in [1.165, 1.54) is 12.1 Å². The van der Waals surface area contributed by atoms with Crippen molar-refractivity contribution < 1.29 is 22.7 Å². The lowest BCUT2D eigenvalue weighted by Gasteiger charge is -2.51. The summed E-state index contributed by atoms with van der Waals surface area (Å²) in [6, 6.07) is 6.00. The van der Waals surface area contributed by atoms with E-state index in [1.807, 2.05) is 17.6 Å². The normalized spacial score (nSPS) is 26.8. The van der Waals surface area contributed by atoms with E-state index in [0.717, 1.165) is 23.8 Å². The maximum atomic E-state index is 13.6. The van der Waals surface area contributed by atoms with Crippen LogP contribution in [-0.2, 0) is 6.54 Å². The Labute approximate surface area is 160 Å². The Morgan fingerprint density at radius 1 is 1.21 bits per heavy atom. The number of hydrogen-bond acceptors (Lipinski definition) is 2. The minimum Gasteiger partial charge on any atom is -0.380 e. The zero-order valence-electron chi connectivity index (χ0n) is 15.7. The predicted molar refractivity (Wildman–Crippen MR) is 97.7 cm³/mol. The van der Waals surface area contributed by atoms with Crippen LogP contribution >= 0.6 is 0 Å². The molecule has 0 bridgehead atoms. The highest BCUT2D eigenvalue weighted by molar-refractivity contribution is 5.72. The number of aromatic nitrogens is 2. The first kappa shape index (κ1) is 19.2. The van der Waals surface area contributed by atoms with E-state index < -0.39 is 23.1 Å². The molecule has 2 aliphatic rings. The molecule has 1 aliphatic carbocycles. The van der Waals surface area contributed by atoms with Gasteiger partial charge in [-0.15, -0.1) is 0 Å². The first-order valence-corrected chi connectivity index (χ1v) is 9.35. The molecule has 28 heavy (non-hydrogen) atoms. The lowest BCUT2D eigenvalue weighted by molar-refractivity contribution is -0.285. The second-order valence-corrected chi connectivity index (χ2v) is 8.29. The van der Waals surface area contributed by atoms with Gasteiger partial charge in [-0.2, -0.15) is 13.2 Å². The Bertz CT molecular complexity index is 927. The summed E-state index contributed by atoms with van der Waals surface area (Å²) in [5.74, 6) is -1.28. The monoisotopic (exact) mass is 394 g/mol. The summed E-state index contributed by atoms with van der Waals surface area (Å²) >= 11 is 0. The highest BCUT2D eigenvalue weighted by Gasteiger charge is 2.61. The largest absolute Gasteiger partial charge is 0.417 e. The highest BCUT2D eigenvalue weighted by atomic mass is 19.4. The van der Waals surface area contributed by atoms with Gasteiger partial charge in [-0.25, -0.2) is 9.37 Å². The van der Waals surface area contributed by atoms with Crippen LogP contribution in [0.25, 0.3) is 17.3 Å². The maximum Gasteiger partial charge on any atom is 0.417 e. The molecule has 1 fully saturated rings. The van der Waals surface area contributed by atoms with Crippen molar-refractivity contribution in [1.29, 1.82) is 0 Å². The second-order valence-electron chi connectivity index (χ2n) is 8.29. The molecule has 0 radical (unpaired) electrons. The number of aliphatic hydroxyl groups is 1. The van der Waals surface area contributed by atoms with Gasteiger partial charge in [-0.1, -0.05) is 12.5 Å². The second kappa shape index (κ2) is 6.17. The number of imidazole rings is 1. The van der Waals surface area contributed by atoms with Crippen LogP contribution < -0.4 is 0 Å². The SMILES string of the molecule is C[C@]12Cn3cnc(-c4ccc(F)cc4)c3C=C1CCC[C@@H]2[C@@](C)(O)C(F)(F)F. The van der Waals surface area contributed by atoms with E-state index in [2.05, 4.69) is 4.98 Å². The number of rotatable bonds is 2. The van der Waals surface area contributed by atoms with Crippen molar-refractivity contribution in [2.75, 3.05) is 0 Å². The number of benzene rings is 1. The predicted octanol–water partition coefficient (Wildman–Crippen LogP) is 5.21. The molecule has 1 aromatic carbocycles. The molecule has 4 rings (SSSR count). The van der Waals surface area contributed by atoms with Gasteiger partial charge in [0.2, 0.25) is 0 Å². The van der Waals surface area contributed by atoms with Gasteiger partial charge < -0.3 is 9.67 Å². The summed E-state index contributed by atoms with van der Waals surface area (Å²) in [7, 11) is 0. The number of allylic oxidation sites excluding steroid dienone is 1. The van der Waals surface area contributed by atoms with E-state index >= 15 is 0 Å². The fraction of sp³-hybridized carbons (Fsp3) is 0.476. The van der Waals surface area contributed by atoms with Crippen LogP contribution in [0.5, 0.6) is 0 Å². The summed E-state index contributed by atoms with van der Waals surface area (Å²) in [4.78, 5) is 4.43. The summed E-state index contributed by atoms with van der Waals surface area (Å²) in [6.07, 6.45) is 0.425. The fourth-order valence-corrected chi connectivity index (χ4v) is 4.89. The van der Waals surface area contributed by atoms with Gasteiger partial charge in [0.1, 0.15) is 5.82 Å². The number of halogens is 4. The molecule has 1 aliphatic heterocycles. The third-order valence-corrected chi connectivity index (χ3v) is 6.50. The van der Waals surface area contributed by atoms with Crippen molar-refractivity contribution >= 4 is 6.08 Å². The molecule has 150 valence electrons. The molecule has 2 heterocycles. The molecule has 3 atom stereocenters. The van der Waals surface area contributed by atoms with Crippen molar-refractivity contribution in [3.05, 3.63) is 47.7 Å². The molecule has 7 heteroatoms. The van der Waals surface area contributed by atoms with E-state index in [9.17, 15) is 22.7 Å². The third-order valence-electron chi connectivity index (χ3n) is 6.50. The van der Waals surface area contributed by atoms with Gasteiger partial charge >= 0.3 is 6.18 Å². The number of nitrogens with zero attached hydrogens (tertiary/aromatic N) is 2. The van der Waals surface area contributed by atoms with E-state index in [0.29, 0.717) is 31.5 Å². The molecule has 1 saturated carbocycles. The van der Waals surface area contributed by atoms with Gasteiger partial charge in [0.25, 0.3) is 0 Å². The first-order valence-electron chi connectivity index (χ1n) is 9.35. The molecular formula is C21H22F4N2O. The summed E-state index contributed by atoms with van der Waals surface area (Å²) in [5.41, 5.74) is -0.426. The van der Waals surface area contributed by atoms with Gasteiger partial charge in [0.05, 0.1) is 17.7 Å². The Hall–Kier alpha value is -2.15. The average Bonchev–Trinajstić information content (AvgIpc) is 3.00. The zero-order valence-corrected chi connectivity index (χ0v) is 15.7. The van der Waals surface area contributed by atoms with Crippen molar-refractivity contribution in [2.24, 2.45) is 11.3 Å². The number of alkyl halides is 3. The maximum absolute atomic E-state index is 13.6. The van der Waals surface area contributed by atoms with Crippen molar-refractivity contribution in [3.8, 4) is 11.3 Å². The van der Waals surface area contributed by atoms with Crippen molar-refractivity contribution in [3.63, 3.8) is 0 Å². The van der Waals surface area contributed by atoms with Crippen LogP contribution in [0.15, 0.2) is 36.2 Å². The Balaban J connectivity index is 1.77. The van der Waals surface area contributed by atoms with E-state index in [-0.39, 0.29) is 5.82 Å². The molecule has 2 aromatic rings. The van der Waals surface area contributed by atoms with Crippen molar-refractivity contribution in [2.45, 2.75) is 51.4 Å². The lowest BCUT2D eigenvalue weighted by atomic mass is 9.58. The summed E-state index contributed by atoms with van der Waals surface area (Å²) in [6.45, 7) is 3.02. The van der Waals surface area contributed by atoms with Gasteiger partial charge in [-0.3, -0.25) is 0 Å². The fourth-order valence-electron chi connectivity index (χ4n) is 4.89. The lowest BCUT2D eigenvalue weighted by Crippen LogP contribution is -2.57. The molecule has 0 unspecified atom stereocenters. The zero-order chi connectivity index (χ0) is 20.3. The standard InChI is InChI=1S/C21H22F4N2O/c1-19-11-27-12-26-18(13-6-8-15(22)9-7-13)16(27)10-14(19)4-3-5-17(19)20(2,28)21(23,24)25/h6-10,12,17,28H,3-5,11H2,1-2H3/t17-,19-,20+/m0/s1. The molecule has 0 spiro atoms. The smallest absolute Gasteiger partial charge is 0.380 e. The summed E-state index contributed by atoms with van der Waals surface area (Å²) in [5, 5.41) is 10.4. The minimum atomic E-state index is -4.70. The van der Waals surface area contributed by atoms with Gasteiger partial charge in [0, 0.05) is 23.4 Å². The van der Waals surface area contributed by atoms with Crippen LogP contribution in [0.3, 0.4) is 0 Å². The molecule has 1 N–H and O–H groups in total. The molecule has 3 nitrogen and oxygen atoms in total. The van der Waals surface area contributed by atoms with Crippen LogP contribution in [0, 0.1) is 17.2 Å². The van der Waals surface area contributed by atoms with Gasteiger partial charge in [0.15, 0.2) is 5.60 Å². The van der Waals surface area contributed by atoms with E-state index in [1.54, 1.807) is 18.5 Å². The minimum absolute atomic E-state index is 0.315.